The van der Waals surface area contributed by atoms with Crippen molar-refractivity contribution in [3.63, 3.8) is 0 Å². The predicted octanol–water partition coefficient (Wildman–Crippen LogP) is 2.05. The minimum atomic E-state index is -1.43. The molecular formula is C26H31FN6O6S. The molecule has 1 aromatic carbocycles. The Morgan fingerprint density at radius 3 is 2.55 bits per heavy atom. The zero-order chi connectivity index (χ0) is 29.4. The maximum absolute atomic E-state index is 14.4. The van der Waals surface area contributed by atoms with Crippen LogP contribution in [0.3, 0.4) is 0 Å². The number of rotatable bonds is 11. The number of methoxy groups -OCH3 is 1. The average molecular weight is 575 g/mol. The van der Waals surface area contributed by atoms with Crippen LogP contribution in [0.2, 0.25) is 0 Å². The summed E-state index contributed by atoms with van der Waals surface area (Å²) in [6, 6.07) is 3.89. The highest BCUT2D eigenvalue weighted by Crippen LogP contribution is 2.38. The fourth-order valence-corrected chi connectivity index (χ4v) is 6.31. The molecule has 0 spiro atoms. The number of aromatic nitrogens is 2. The van der Waals surface area contributed by atoms with Crippen molar-refractivity contribution >= 4 is 45.9 Å². The Bertz CT molecular complexity index is 1590. The quantitative estimate of drug-likeness (QED) is 0.274. The van der Waals surface area contributed by atoms with Crippen LogP contribution in [0.5, 0.6) is 5.75 Å². The highest BCUT2D eigenvalue weighted by molar-refractivity contribution is 7.22. The number of benzene rings is 1. The van der Waals surface area contributed by atoms with Crippen LogP contribution in [-0.4, -0.2) is 72.4 Å². The lowest BCUT2D eigenvalue weighted by Gasteiger charge is -2.27. The molecule has 12 nitrogen and oxygen atoms in total. The van der Waals surface area contributed by atoms with Gasteiger partial charge in [0, 0.05) is 38.2 Å². The molecule has 0 bridgehead atoms. The summed E-state index contributed by atoms with van der Waals surface area (Å²) in [7, 11) is 3.03. The Kier molecular flexibility index (Phi) is 8.23. The largest absolute Gasteiger partial charge is 0.496 e. The number of hydrogen-bond acceptors (Lipinski definition) is 10. The van der Waals surface area contributed by atoms with E-state index in [1.165, 1.54) is 34.8 Å². The number of halogens is 1. The topological polar surface area (TPSA) is 131 Å². The molecule has 3 aromatic rings. The first-order valence-electron chi connectivity index (χ1n) is 12.4. The first kappa shape index (κ1) is 29.1. The van der Waals surface area contributed by atoms with Crippen molar-refractivity contribution in [1.82, 2.24) is 14.0 Å². The van der Waals surface area contributed by atoms with E-state index in [-0.39, 0.29) is 42.3 Å². The molecule has 14 heteroatoms. The van der Waals surface area contributed by atoms with E-state index in [0.29, 0.717) is 28.4 Å². The third-order valence-electron chi connectivity index (χ3n) is 7.17. The van der Waals surface area contributed by atoms with Gasteiger partial charge in [-0.2, -0.15) is 10.2 Å². The minimum absolute atomic E-state index is 0.119. The summed E-state index contributed by atoms with van der Waals surface area (Å²) in [5, 5.41) is 18.9. The van der Waals surface area contributed by atoms with Crippen molar-refractivity contribution < 1.29 is 23.8 Å². The van der Waals surface area contributed by atoms with E-state index in [2.05, 4.69) is 23.6 Å². The van der Waals surface area contributed by atoms with Crippen molar-refractivity contribution in [3.05, 3.63) is 56.0 Å². The van der Waals surface area contributed by atoms with Crippen LogP contribution in [-0.2, 0) is 21.6 Å². The molecule has 1 aliphatic heterocycles. The van der Waals surface area contributed by atoms with E-state index < -0.39 is 28.7 Å². The Labute approximate surface area is 233 Å². The number of likely N-dealkylation sites (tertiary alicyclic amines) is 1. The second kappa shape index (κ2) is 11.3. The second-order valence-electron chi connectivity index (χ2n) is 9.54. The zero-order valence-corrected chi connectivity index (χ0v) is 23.5. The number of hydrazone groups is 2. The highest BCUT2D eigenvalue weighted by Gasteiger charge is 2.46. The Balaban J connectivity index is 2.06. The van der Waals surface area contributed by atoms with Gasteiger partial charge in [0.15, 0.2) is 0 Å². The number of hydrogen-bond donors (Lipinski definition) is 1. The molecular weight excluding hydrogens is 543 g/mol. The summed E-state index contributed by atoms with van der Waals surface area (Å²) in [5.41, 5.74) is -2.04. The molecule has 2 aromatic heterocycles. The van der Waals surface area contributed by atoms with Crippen LogP contribution in [0.4, 0.5) is 9.39 Å². The summed E-state index contributed by atoms with van der Waals surface area (Å²) in [6.07, 6.45) is -0.730. The number of aryl methyl sites for hydroxylation is 1. The number of likely N-dealkylation sites (N-methyl/N-ethyl adjacent to an activating group) is 1. The standard InChI is InChI=1S/C26H31FN6O6S/c1-15-20-21(35)32(26(2)9-10-30(5)24(26)36)25(37)31(23(20)40-22(15)33(28-3)29-4)14-19(39-12-11-34)17-13-16(27)7-8-18(17)38-6/h7-8,13,19,34H,3-4,9-12,14H2,1-2,5-6H3/t19-,26+/m0/s1. The van der Waals surface area contributed by atoms with E-state index in [1.807, 2.05) is 0 Å². The van der Waals surface area contributed by atoms with Gasteiger partial charge in [-0.3, -0.25) is 14.2 Å². The SMILES string of the molecule is C=NN(N=C)c1sc2c(c1C)c(=O)n([C@]1(C)CCN(C)C1=O)c(=O)n2C[C@H](OCCO)c1cc(F)ccc1OC. The van der Waals surface area contributed by atoms with E-state index >= 15 is 0 Å². The predicted molar refractivity (Wildman–Crippen MR) is 151 cm³/mol. The van der Waals surface area contributed by atoms with Gasteiger partial charge in [0.25, 0.3) is 5.56 Å². The summed E-state index contributed by atoms with van der Waals surface area (Å²) in [4.78, 5) is 43.2. The number of fused-ring (bicyclic) bond motifs is 1. The van der Waals surface area contributed by atoms with Crippen LogP contribution in [0.1, 0.15) is 30.6 Å². The number of ether oxygens (including phenoxy) is 2. The van der Waals surface area contributed by atoms with Gasteiger partial charge >= 0.3 is 5.69 Å². The second-order valence-corrected chi connectivity index (χ2v) is 10.5. The first-order chi connectivity index (χ1) is 19.0. The van der Waals surface area contributed by atoms with Crippen molar-refractivity contribution in [2.75, 3.05) is 39.0 Å². The number of thiophene rings is 1. The van der Waals surface area contributed by atoms with Crippen LogP contribution >= 0.6 is 11.3 Å². The molecule has 2 atom stereocenters. The number of carbonyl (C=O) groups is 1. The normalized spacial score (nSPS) is 17.9. The smallest absolute Gasteiger partial charge is 0.333 e. The van der Waals surface area contributed by atoms with E-state index in [9.17, 15) is 23.9 Å². The lowest BCUT2D eigenvalue weighted by molar-refractivity contribution is -0.133. The van der Waals surface area contributed by atoms with Gasteiger partial charge in [-0.15, -0.1) is 5.12 Å². The molecule has 1 fully saturated rings. The first-order valence-corrected chi connectivity index (χ1v) is 13.2. The molecule has 0 radical (unpaired) electrons. The zero-order valence-electron chi connectivity index (χ0n) is 22.7. The summed E-state index contributed by atoms with van der Waals surface area (Å²) < 4.78 is 28.0. The molecule has 4 rings (SSSR count). The Morgan fingerprint density at radius 2 is 1.98 bits per heavy atom. The van der Waals surface area contributed by atoms with Crippen molar-refractivity contribution in [1.29, 1.82) is 0 Å². The molecule has 1 N–H and O–H groups in total. The van der Waals surface area contributed by atoms with E-state index in [1.54, 1.807) is 20.9 Å². The van der Waals surface area contributed by atoms with Gasteiger partial charge in [0.1, 0.15) is 33.0 Å². The van der Waals surface area contributed by atoms with Gasteiger partial charge in [-0.25, -0.2) is 13.8 Å². The number of carbonyl (C=O) groups excluding carboxylic acids is 1. The third kappa shape index (κ3) is 4.71. The average Bonchev–Trinajstić information content (AvgIpc) is 3.41. The Morgan fingerprint density at radius 1 is 1.27 bits per heavy atom. The fraction of sp³-hybridized carbons (Fsp3) is 0.423. The molecule has 0 aliphatic carbocycles. The fourth-order valence-electron chi connectivity index (χ4n) is 5.07. The maximum Gasteiger partial charge on any atom is 0.333 e. The molecule has 1 amide bonds. The van der Waals surface area contributed by atoms with Crippen molar-refractivity contribution in [2.45, 2.75) is 38.5 Å². The molecule has 40 heavy (non-hydrogen) atoms. The summed E-state index contributed by atoms with van der Waals surface area (Å²) >= 11 is 1.06. The highest BCUT2D eigenvalue weighted by atomic mass is 32.1. The molecule has 214 valence electrons. The molecule has 3 heterocycles. The van der Waals surface area contributed by atoms with Crippen LogP contribution in [0.15, 0.2) is 38.0 Å². The molecule has 1 aliphatic rings. The maximum atomic E-state index is 14.4. The van der Waals surface area contributed by atoms with Crippen molar-refractivity contribution in [2.24, 2.45) is 10.2 Å². The van der Waals surface area contributed by atoms with E-state index in [4.69, 9.17) is 9.47 Å². The van der Waals surface area contributed by atoms with Crippen molar-refractivity contribution in [3.8, 4) is 5.75 Å². The lowest BCUT2D eigenvalue weighted by atomic mass is 10.00. The monoisotopic (exact) mass is 574 g/mol. The number of anilines is 1. The number of nitrogens with zero attached hydrogens (tertiary/aromatic N) is 6. The number of amides is 1. The van der Waals surface area contributed by atoms with Gasteiger partial charge in [0.2, 0.25) is 5.91 Å². The van der Waals surface area contributed by atoms with Gasteiger partial charge < -0.3 is 19.5 Å². The summed E-state index contributed by atoms with van der Waals surface area (Å²) in [6.45, 7) is 9.96. The Hall–Kier alpha value is -3.88. The molecule has 0 unspecified atom stereocenters. The van der Waals surface area contributed by atoms with Gasteiger partial charge in [-0.05, 0) is 38.5 Å². The minimum Gasteiger partial charge on any atom is -0.496 e. The molecule has 0 saturated carbocycles. The lowest BCUT2D eigenvalue weighted by Crippen LogP contribution is -2.53. The third-order valence-corrected chi connectivity index (χ3v) is 8.45. The van der Waals surface area contributed by atoms with E-state index in [0.717, 1.165) is 21.0 Å². The summed E-state index contributed by atoms with van der Waals surface area (Å²) in [5.74, 6) is -0.614. The number of aliphatic hydroxyl groups is 1. The van der Waals surface area contributed by atoms with Crippen LogP contribution in [0, 0.1) is 12.7 Å². The van der Waals surface area contributed by atoms with Gasteiger partial charge in [-0.1, -0.05) is 11.3 Å². The number of aliphatic hydroxyl groups excluding tert-OH is 1. The van der Waals surface area contributed by atoms with Gasteiger partial charge in [0.05, 0.1) is 32.3 Å². The van der Waals surface area contributed by atoms with Crippen LogP contribution in [0.25, 0.3) is 10.2 Å². The molecule has 1 saturated heterocycles. The van der Waals surface area contributed by atoms with Crippen LogP contribution < -0.4 is 21.1 Å².